The molecule has 0 saturated heterocycles. The first kappa shape index (κ1) is 14.5. The second-order valence-corrected chi connectivity index (χ2v) is 4.44. The summed E-state index contributed by atoms with van der Waals surface area (Å²) in [4.78, 5) is 24.4. The molecule has 0 unspecified atom stereocenters. The molecule has 0 aliphatic heterocycles. The number of benzene rings is 2. The molecular weight excluding hydrogens is 270 g/mol. The summed E-state index contributed by atoms with van der Waals surface area (Å²) in [7, 11) is 3.23. The predicted octanol–water partition coefficient (Wildman–Crippen LogP) is 2.91. The van der Waals surface area contributed by atoms with Gasteiger partial charge in [0.15, 0.2) is 0 Å². The van der Waals surface area contributed by atoms with Gasteiger partial charge in [-0.15, -0.1) is 0 Å². The van der Waals surface area contributed by atoms with Gasteiger partial charge in [0.2, 0.25) is 0 Å². The smallest absolute Gasteiger partial charge is 0.293 e. The van der Waals surface area contributed by atoms with Crippen molar-refractivity contribution in [2.75, 3.05) is 24.3 Å². The van der Waals surface area contributed by atoms with E-state index in [1.54, 1.807) is 32.3 Å². The fraction of sp³-hybridized carbons (Fsp3) is 0.133. The Morgan fingerprint density at radius 1 is 1.19 bits per heavy atom. The number of hydrogen-bond donors (Lipinski definition) is 1. The Hall–Kier alpha value is -2.89. The molecule has 0 heterocycles. The summed E-state index contributed by atoms with van der Waals surface area (Å²) in [5.41, 5.74) is 1.25. The first-order valence-electron chi connectivity index (χ1n) is 6.34. The van der Waals surface area contributed by atoms with Crippen molar-refractivity contribution < 1.29 is 9.72 Å². The maximum atomic E-state index is 12.4. The van der Waals surface area contributed by atoms with Crippen LogP contribution in [-0.2, 0) is 0 Å². The molecule has 0 spiro atoms. The zero-order valence-corrected chi connectivity index (χ0v) is 11.7. The van der Waals surface area contributed by atoms with E-state index in [9.17, 15) is 14.9 Å². The highest BCUT2D eigenvalue weighted by atomic mass is 16.6. The van der Waals surface area contributed by atoms with Gasteiger partial charge in [-0.3, -0.25) is 14.9 Å². The second kappa shape index (κ2) is 6.04. The Labute approximate surface area is 122 Å². The van der Waals surface area contributed by atoms with Crippen molar-refractivity contribution in [2.24, 2.45) is 0 Å². The van der Waals surface area contributed by atoms with Crippen molar-refractivity contribution in [3.63, 3.8) is 0 Å². The van der Waals surface area contributed by atoms with Gasteiger partial charge >= 0.3 is 0 Å². The molecule has 2 aromatic carbocycles. The lowest BCUT2D eigenvalue weighted by molar-refractivity contribution is -0.384. The number of nitro benzene ring substituents is 1. The van der Waals surface area contributed by atoms with Crippen LogP contribution in [0.5, 0.6) is 0 Å². The van der Waals surface area contributed by atoms with E-state index in [0.29, 0.717) is 5.69 Å². The predicted molar refractivity (Wildman–Crippen MR) is 81.8 cm³/mol. The topological polar surface area (TPSA) is 75.5 Å². The van der Waals surface area contributed by atoms with E-state index < -0.39 is 4.92 Å². The summed E-state index contributed by atoms with van der Waals surface area (Å²) in [6, 6.07) is 13.5. The number of nitro groups is 1. The summed E-state index contributed by atoms with van der Waals surface area (Å²) in [5.74, 6) is -0.299. The first-order chi connectivity index (χ1) is 10.0. The monoisotopic (exact) mass is 285 g/mol. The lowest BCUT2D eigenvalue weighted by Crippen LogP contribution is -2.26. The second-order valence-electron chi connectivity index (χ2n) is 4.44. The highest BCUT2D eigenvalue weighted by Gasteiger charge is 2.19. The summed E-state index contributed by atoms with van der Waals surface area (Å²) < 4.78 is 0. The van der Waals surface area contributed by atoms with Gasteiger partial charge in [0.05, 0.1) is 4.92 Å². The molecule has 0 saturated carbocycles. The van der Waals surface area contributed by atoms with Crippen LogP contribution in [0.2, 0.25) is 0 Å². The molecule has 108 valence electrons. The lowest BCUT2D eigenvalue weighted by atomic mass is 10.1. The van der Waals surface area contributed by atoms with Crippen LogP contribution in [0.15, 0.2) is 48.5 Å². The molecule has 0 radical (unpaired) electrons. The number of nitrogens with one attached hydrogen (secondary N) is 1. The quantitative estimate of drug-likeness (QED) is 0.692. The average molecular weight is 285 g/mol. The molecule has 2 rings (SSSR count). The van der Waals surface area contributed by atoms with Crippen LogP contribution in [0, 0.1) is 10.1 Å². The van der Waals surface area contributed by atoms with Crippen LogP contribution in [0.1, 0.15) is 10.4 Å². The third kappa shape index (κ3) is 3.00. The summed E-state index contributed by atoms with van der Waals surface area (Å²) in [5, 5.41) is 13.8. The number of hydrogen-bond acceptors (Lipinski definition) is 4. The molecule has 6 nitrogen and oxygen atoms in total. The Balaban J connectivity index is 2.36. The Morgan fingerprint density at radius 2 is 1.86 bits per heavy atom. The number of rotatable bonds is 4. The maximum absolute atomic E-state index is 12.4. The fourth-order valence-corrected chi connectivity index (χ4v) is 1.99. The van der Waals surface area contributed by atoms with E-state index in [2.05, 4.69) is 5.32 Å². The van der Waals surface area contributed by atoms with Gasteiger partial charge in [-0.2, -0.15) is 0 Å². The lowest BCUT2D eigenvalue weighted by Gasteiger charge is -2.17. The molecule has 6 heteroatoms. The zero-order chi connectivity index (χ0) is 15.4. The molecule has 1 N–H and O–H groups in total. The minimum Gasteiger partial charge on any atom is -0.383 e. The Morgan fingerprint density at radius 3 is 2.43 bits per heavy atom. The number of carbonyl (C=O) groups excluding carboxylic acids is 1. The maximum Gasteiger partial charge on any atom is 0.293 e. The van der Waals surface area contributed by atoms with E-state index in [-0.39, 0.29) is 17.2 Å². The van der Waals surface area contributed by atoms with Gasteiger partial charge in [0, 0.05) is 31.4 Å². The van der Waals surface area contributed by atoms with Crippen LogP contribution in [-0.4, -0.2) is 24.9 Å². The van der Waals surface area contributed by atoms with Gasteiger partial charge in [0.25, 0.3) is 11.6 Å². The van der Waals surface area contributed by atoms with Crippen molar-refractivity contribution in [1.29, 1.82) is 0 Å². The van der Waals surface area contributed by atoms with Gasteiger partial charge in [-0.1, -0.05) is 18.2 Å². The van der Waals surface area contributed by atoms with Crippen LogP contribution in [0.25, 0.3) is 0 Å². The van der Waals surface area contributed by atoms with Gasteiger partial charge < -0.3 is 10.2 Å². The van der Waals surface area contributed by atoms with E-state index in [4.69, 9.17) is 0 Å². The van der Waals surface area contributed by atoms with Gasteiger partial charge in [0.1, 0.15) is 5.69 Å². The van der Waals surface area contributed by atoms with E-state index in [0.717, 1.165) is 5.69 Å². The zero-order valence-electron chi connectivity index (χ0n) is 11.7. The van der Waals surface area contributed by atoms with Crippen molar-refractivity contribution in [1.82, 2.24) is 0 Å². The third-order valence-corrected chi connectivity index (χ3v) is 3.16. The minimum absolute atomic E-state index is 0.121. The molecule has 0 aliphatic carbocycles. The fourth-order valence-electron chi connectivity index (χ4n) is 1.99. The molecule has 0 bridgehead atoms. The van der Waals surface area contributed by atoms with Crippen LogP contribution in [0.4, 0.5) is 17.1 Å². The largest absolute Gasteiger partial charge is 0.383 e. The highest BCUT2D eigenvalue weighted by Crippen LogP contribution is 2.26. The Bertz CT molecular complexity index is 671. The SMILES string of the molecule is CNc1ccc(C(=O)N(C)c2ccccc2)cc1[N+](=O)[O-]. The first-order valence-corrected chi connectivity index (χ1v) is 6.34. The van der Waals surface area contributed by atoms with Crippen molar-refractivity contribution in [2.45, 2.75) is 0 Å². The molecule has 0 atom stereocenters. The summed E-state index contributed by atoms with van der Waals surface area (Å²) in [6.45, 7) is 0. The number of para-hydroxylation sites is 1. The van der Waals surface area contributed by atoms with Gasteiger partial charge in [-0.05, 0) is 24.3 Å². The van der Waals surface area contributed by atoms with Crippen LogP contribution < -0.4 is 10.2 Å². The molecule has 0 fully saturated rings. The van der Waals surface area contributed by atoms with Crippen molar-refractivity contribution in [3.8, 4) is 0 Å². The molecule has 0 aliphatic rings. The standard InChI is InChI=1S/C15H15N3O3/c1-16-13-9-8-11(10-14(13)18(20)21)15(19)17(2)12-6-4-3-5-7-12/h3-10,16H,1-2H3. The van der Waals surface area contributed by atoms with Crippen molar-refractivity contribution >= 4 is 23.0 Å². The van der Waals surface area contributed by atoms with E-state index in [1.165, 1.54) is 17.0 Å². The number of anilines is 2. The number of carbonyl (C=O) groups is 1. The molecule has 0 aromatic heterocycles. The molecule has 21 heavy (non-hydrogen) atoms. The Kier molecular flexibility index (Phi) is 4.18. The molecule has 1 amide bonds. The summed E-state index contributed by atoms with van der Waals surface area (Å²) >= 11 is 0. The van der Waals surface area contributed by atoms with Crippen molar-refractivity contribution in [3.05, 3.63) is 64.2 Å². The number of nitrogens with zero attached hydrogens (tertiary/aromatic N) is 2. The van der Waals surface area contributed by atoms with Gasteiger partial charge in [-0.25, -0.2) is 0 Å². The highest BCUT2D eigenvalue weighted by molar-refractivity contribution is 6.06. The molecular formula is C15H15N3O3. The normalized spacial score (nSPS) is 10.0. The average Bonchev–Trinajstić information content (AvgIpc) is 2.53. The number of amides is 1. The molecule has 2 aromatic rings. The minimum atomic E-state index is -0.509. The van der Waals surface area contributed by atoms with Crippen LogP contribution in [0.3, 0.4) is 0 Å². The summed E-state index contributed by atoms with van der Waals surface area (Å²) in [6.07, 6.45) is 0. The van der Waals surface area contributed by atoms with Crippen LogP contribution >= 0.6 is 0 Å². The third-order valence-electron chi connectivity index (χ3n) is 3.16. The van der Waals surface area contributed by atoms with E-state index in [1.807, 2.05) is 18.2 Å². The van der Waals surface area contributed by atoms with E-state index >= 15 is 0 Å².